The van der Waals surface area contributed by atoms with Crippen LogP contribution in [0.2, 0.25) is 0 Å². The van der Waals surface area contributed by atoms with Crippen molar-refractivity contribution >= 4 is 16.9 Å². The number of hydrogen-bond acceptors (Lipinski definition) is 4. The lowest BCUT2D eigenvalue weighted by Gasteiger charge is -2.22. The Morgan fingerprint density at radius 3 is 2.92 bits per heavy atom. The second-order valence-corrected chi connectivity index (χ2v) is 6.90. The molecular weight excluding hydrogens is 304 g/mol. The van der Waals surface area contributed by atoms with Crippen LogP contribution in [0.25, 0.3) is 11.0 Å². The maximum absolute atomic E-state index is 12.9. The van der Waals surface area contributed by atoms with Gasteiger partial charge >= 0.3 is 0 Å². The zero-order valence-electron chi connectivity index (χ0n) is 14.2. The van der Waals surface area contributed by atoms with Gasteiger partial charge in [-0.25, -0.2) is 0 Å². The fraction of sp³-hybridized carbons (Fsp3) is 0.526. The molecule has 1 aliphatic carbocycles. The van der Waals surface area contributed by atoms with E-state index in [1.165, 1.54) is 19.4 Å². The molecule has 1 saturated carbocycles. The highest BCUT2D eigenvalue weighted by molar-refractivity contribution is 5.99. The summed E-state index contributed by atoms with van der Waals surface area (Å²) in [5, 5.41) is 0.903. The Hall–Kier alpha value is -2.01. The second kappa shape index (κ2) is 6.48. The van der Waals surface area contributed by atoms with Crippen LogP contribution in [0.1, 0.15) is 29.6 Å². The lowest BCUT2D eigenvalue weighted by atomic mass is 10.1. The van der Waals surface area contributed by atoms with E-state index < -0.39 is 0 Å². The van der Waals surface area contributed by atoms with Gasteiger partial charge in [-0.05, 0) is 49.9 Å². The fourth-order valence-electron chi connectivity index (χ4n) is 3.54. The quantitative estimate of drug-likeness (QED) is 0.865. The molecule has 5 nitrogen and oxygen atoms in total. The number of rotatable bonds is 4. The molecule has 2 aliphatic rings. The molecule has 2 fully saturated rings. The molecule has 1 saturated heterocycles. The molecule has 2 heterocycles. The molecular formula is C19H24N2O3. The third-order valence-electron chi connectivity index (χ3n) is 5.09. The molecule has 0 spiro atoms. The molecule has 0 atom stereocenters. The Bertz CT molecular complexity index is 735. The number of fused-ring (bicyclic) bond motifs is 1. The summed E-state index contributed by atoms with van der Waals surface area (Å²) < 4.78 is 10.9. The summed E-state index contributed by atoms with van der Waals surface area (Å²) in [5.74, 6) is 1.66. The first-order valence-electron chi connectivity index (χ1n) is 8.81. The van der Waals surface area contributed by atoms with E-state index in [-0.39, 0.29) is 5.91 Å². The zero-order chi connectivity index (χ0) is 16.5. The zero-order valence-corrected chi connectivity index (χ0v) is 14.2. The van der Waals surface area contributed by atoms with Crippen LogP contribution in [0.15, 0.2) is 28.9 Å². The number of carbonyl (C=O) groups excluding carboxylic acids is 1. The van der Waals surface area contributed by atoms with E-state index in [4.69, 9.17) is 9.15 Å². The predicted molar refractivity (Wildman–Crippen MR) is 92.5 cm³/mol. The van der Waals surface area contributed by atoms with E-state index >= 15 is 0 Å². The second-order valence-electron chi connectivity index (χ2n) is 6.90. The van der Waals surface area contributed by atoms with Crippen LogP contribution >= 0.6 is 0 Å². The standard InChI is InChI=1S/C19H24N2O3/c1-23-17-11-15(12-18-16(17)5-10-24-18)19(22)21-7-2-6-20(8-9-21)13-14-3-4-14/h5,10-12,14H,2-4,6-9,13H2,1H3. The van der Waals surface area contributed by atoms with Crippen molar-refractivity contribution in [1.82, 2.24) is 9.80 Å². The van der Waals surface area contributed by atoms with Gasteiger partial charge in [0.2, 0.25) is 0 Å². The highest BCUT2D eigenvalue weighted by atomic mass is 16.5. The fourth-order valence-corrected chi connectivity index (χ4v) is 3.54. The smallest absolute Gasteiger partial charge is 0.254 e. The molecule has 5 heteroatoms. The van der Waals surface area contributed by atoms with E-state index in [0.29, 0.717) is 16.9 Å². The number of carbonyl (C=O) groups is 1. The third kappa shape index (κ3) is 3.13. The summed E-state index contributed by atoms with van der Waals surface area (Å²) in [4.78, 5) is 17.4. The van der Waals surface area contributed by atoms with Crippen molar-refractivity contribution in [2.24, 2.45) is 5.92 Å². The van der Waals surface area contributed by atoms with Gasteiger partial charge in [0.25, 0.3) is 5.91 Å². The van der Waals surface area contributed by atoms with Crippen LogP contribution < -0.4 is 4.74 Å². The van der Waals surface area contributed by atoms with E-state index in [1.807, 2.05) is 23.1 Å². The van der Waals surface area contributed by atoms with E-state index in [1.54, 1.807) is 13.4 Å². The lowest BCUT2D eigenvalue weighted by Crippen LogP contribution is -2.35. The summed E-state index contributed by atoms with van der Waals surface area (Å²) in [6, 6.07) is 5.52. The average molecular weight is 328 g/mol. The highest BCUT2D eigenvalue weighted by Gasteiger charge is 2.27. The van der Waals surface area contributed by atoms with Gasteiger partial charge in [-0.3, -0.25) is 4.79 Å². The average Bonchev–Trinajstić information content (AvgIpc) is 3.34. The minimum atomic E-state index is 0.0693. The molecule has 0 unspecified atom stereocenters. The normalized spacial score (nSPS) is 19.5. The molecule has 1 aromatic heterocycles. The molecule has 0 N–H and O–H groups in total. The first kappa shape index (κ1) is 15.5. The van der Waals surface area contributed by atoms with Crippen LogP contribution in [0, 0.1) is 5.92 Å². The number of hydrogen-bond donors (Lipinski definition) is 0. The number of furan rings is 1. The summed E-state index contributed by atoms with van der Waals surface area (Å²) in [6.07, 6.45) is 5.42. The van der Waals surface area contributed by atoms with Crippen molar-refractivity contribution in [2.45, 2.75) is 19.3 Å². The van der Waals surface area contributed by atoms with Crippen LogP contribution in [0.5, 0.6) is 5.75 Å². The van der Waals surface area contributed by atoms with Gasteiger partial charge < -0.3 is 19.0 Å². The Morgan fingerprint density at radius 1 is 1.25 bits per heavy atom. The molecule has 0 radical (unpaired) electrons. The van der Waals surface area contributed by atoms with Crippen molar-refractivity contribution < 1.29 is 13.9 Å². The van der Waals surface area contributed by atoms with Crippen molar-refractivity contribution in [3.63, 3.8) is 0 Å². The number of methoxy groups -OCH3 is 1. The minimum Gasteiger partial charge on any atom is -0.496 e. The Kier molecular flexibility index (Phi) is 4.19. The van der Waals surface area contributed by atoms with Crippen molar-refractivity contribution in [3.8, 4) is 5.75 Å². The van der Waals surface area contributed by atoms with Gasteiger partial charge in [-0.2, -0.15) is 0 Å². The van der Waals surface area contributed by atoms with Gasteiger partial charge in [-0.15, -0.1) is 0 Å². The first-order chi connectivity index (χ1) is 11.7. The van der Waals surface area contributed by atoms with E-state index in [0.717, 1.165) is 43.9 Å². The lowest BCUT2D eigenvalue weighted by molar-refractivity contribution is 0.0761. The van der Waals surface area contributed by atoms with Crippen molar-refractivity contribution in [1.29, 1.82) is 0 Å². The van der Waals surface area contributed by atoms with Crippen LogP contribution in [-0.4, -0.2) is 55.5 Å². The van der Waals surface area contributed by atoms with Gasteiger partial charge in [0, 0.05) is 31.7 Å². The van der Waals surface area contributed by atoms with Crippen molar-refractivity contribution in [2.75, 3.05) is 39.8 Å². The van der Waals surface area contributed by atoms with Gasteiger partial charge in [0.1, 0.15) is 11.3 Å². The predicted octanol–water partition coefficient (Wildman–Crippen LogP) is 3.00. The number of nitrogens with zero attached hydrogens (tertiary/aromatic N) is 2. The number of amides is 1. The SMILES string of the molecule is COc1cc(C(=O)N2CCCN(CC3CC3)CC2)cc2occc12. The number of benzene rings is 1. The highest BCUT2D eigenvalue weighted by Crippen LogP contribution is 2.31. The summed E-state index contributed by atoms with van der Waals surface area (Å²) in [5.41, 5.74) is 1.34. The van der Waals surface area contributed by atoms with E-state index in [9.17, 15) is 4.79 Å². The first-order valence-corrected chi connectivity index (χ1v) is 8.81. The molecule has 128 valence electrons. The van der Waals surface area contributed by atoms with Crippen LogP contribution in [0.3, 0.4) is 0 Å². The van der Waals surface area contributed by atoms with Gasteiger partial charge in [-0.1, -0.05) is 0 Å². The molecule has 1 aromatic carbocycles. The number of ether oxygens (including phenoxy) is 1. The minimum absolute atomic E-state index is 0.0693. The maximum Gasteiger partial charge on any atom is 0.254 e. The molecule has 1 aliphatic heterocycles. The van der Waals surface area contributed by atoms with Crippen LogP contribution in [-0.2, 0) is 0 Å². The molecule has 0 bridgehead atoms. The summed E-state index contributed by atoms with van der Waals surface area (Å²) in [7, 11) is 1.62. The summed E-state index contributed by atoms with van der Waals surface area (Å²) >= 11 is 0. The Balaban J connectivity index is 1.50. The van der Waals surface area contributed by atoms with Crippen molar-refractivity contribution in [3.05, 3.63) is 30.0 Å². The Morgan fingerprint density at radius 2 is 2.12 bits per heavy atom. The summed E-state index contributed by atoms with van der Waals surface area (Å²) in [6.45, 7) is 4.89. The molecule has 2 aromatic rings. The van der Waals surface area contributed by atoms with Gasteiger partial charge in [0.05, 0.1) is 18.8 Å². The molecule has 1 amide bonds. The van der Waals surface area contributed by atoms with E-state index in [2.05, 4.69) is 4.90 Å². The molecule has 4 rings (SSSR count). The van der Waals surface area contributed by atoms with Gasteiger partial charge in [0.15, 0.2) is 0 Å². The van der Waals surface area contributed by atoms with Crippen LogP contribution in [0.4, 0.5) is 0 Å². The third-order valence-corrected chi connectivity index (χ3v) is 5.09. The topological polar surface area (TPSA) is 45.9 Å². The largest absolute Gasteiger partial charge is 0.496 e. The molecule has 24 heavy (non-hydrogen) atoms. The maximum atomic E-state index is 12.9. The monoisotopic (exact) mass is 328 g/mol. The Labute approximate surface area is 142 Å².